The van der Waals surface area contributed by atoms with Gasteiger partial charge in [0, 0.05) is 23.0 Å². The fourth-order valence-corrected chi connectivity index (χ4v) is 3.18. The standard InChI is InChI=1S/C21H16F9N5O/c1-11-2-3-12(8-31-11)18(36)34-33-17-7-15(21(28,29)30)14-6-13(4-5-16(14)32-17)35(9-19(22,23)24)10-20(25,26)27/h2-8H,9-10H2,1H3,(H,32,33)(H,34,36). The summed E-state index contributed by atoms with van der Waals surface area (Å²) in [7, 11) is 0. The third-order valence-electron chi connectivity index (χ3n) is 4.68. The van der Waals surface area contributed by atoms with E-state index in [1.54, 1.807) is 6.92 Å². The highest BCUT2D eigenvalue weighted by atomic mass is 19.4. The van der Waals surface area contributed by atoms with Crippen LogP contribution in [0.3, 0.4) is 0 Å². The molecule has 6 nitrogen and oxygen atoms in total. The van der Waals surface area contributed by atoms with E-state index in [0.29, 0.717) is 17.8 Å². The molecule has 15 heteroatoms. The van der Waals surface area contributed by atoms with Crippen molar-refractivity contribution >= 4 is 28.3 Å². The van der Waals surface area contributed by atoms with Crippen molar-refractivity contribution in [3.8, 4) is 0 Å². The number of hydrogen-bond acceptors (Lipinski definition) is 5. The number of nitrogens with one attached hydrogen (secondary N) is 2. The second-order valence-corrected chi connectivity index (χ2v) is 7.61. The second-order valence-electron chi connectivity index (χ2n) is 7.61. The summed E-state index contributed by atoms with van der Waals surface area (Å²) >= 11 is 0. The zero-order valence-electron chi connectivity index (χ0n) is 18.1. The first kappa shape index (κ1) is 26.8. The predicted octanol–water partition coefficient (Wildman–Crippen LogP) is 5.64. The van der Waals surface area contributed by atoms with Gasteiger partial charge in [0.15, 0.2) is 0 Å². The van der Waals surface area contributed by atoms with Crippen molar-refractivity contribution in [1.82, 2.24) is 15.4 Å². The quantitative estimate of drug-likeness (QED) is 0.322. The van der Waals surface area contributed by atoms with E-state index in [9.17, 15) is 44.3 Å². The van der Waals surface area contributed by atoms with Gasteiger partial charge < -0.3 is 4.90 Å². The first-order chi connectivity index (χ1) is 16.5. The molecule has 36 heavy (non-hydrogen) atoms. The highest BCUT2D eigenvalue weighted by Gasteiger charge is 2.38. The molecule has 0 spiro atoms. The van der Waals surface area contributed by atoms with Crippen molar-refractivity contribution in [2.75, 3.05) is 23.4 Å². The molecule has 0 unspecified atom stereocenters. The number of rotatable bonds is 6. The topological polar surface area (TPSA) is 70.2 Å². The van der Waals surface area contributed by atoms with E-state index >= 15 is 0 Å². The number of hydrazine groups is 1. The third kappa shape index (κ3) is 7.11. The number of amides is 1. The average Bonchev–Trinajstić information content (AvgIpc) is 2.74. The molecule has 3 aromatic rings. The van der Waals surface area contributed by atoms with Gasteiger partial charge in [0.25, 0.3) is 5.91 Å². The summed E-state index contributed by atoms with van der Waals surface area (Å²) < 4.78 is 118. The SMILES string of the molecule is Cc1ccc(C(=O)NNc2cc(C(F)(F)F)c3cc(N(CC(F)(F)F)CC(F)(F)F)ccc3n2)cn1. The lowest BCUT2D eigenvalue weighted by atomic mass is 10.1. The molecule has 0 bridgehead atoms. The summed E-state index contributed by atoms with van der Waals surface area (Å²) in [5, 5.41) is -0.728. The monoisotopic (exact) mass is 525 g/mol. The number of anilines is 2. The Morgan fingerprint density at radius 3 is 2.08 bits per heavy atom. The van der Waals surface area contributed by atoms with E-state index in [0.717, 1.165) is 12.1 Å². The fourth-order valence-electron chi connectivity index (χ4n) is 3.18. The summed E-state index contributed by atoms with van der Waals surface area (Å²) in [5.41, 5.74) is 2.56. The molecule has 0 radical (unpaired) electrons. The molecule has 0 aliphatic heterocycles. The summed E-state index contributed by atoms with van der Waals surface area (Å²) in [6, 6.07) is 5.64. The van der Waals surface area contributed by atoms with Crippen LogP contribution in [0.25, 0.3) is 10.9 Å². The minimum atomic E-state index is -5.06. The van der Waals surface area contributed by atoms with Gasteiger partial charge in [0.2, 0.25) is 0 Å². The summed E-state index contributed by atoms with van der Waals surface area (Å²) in [6.45, 7) is -2.40. The number of aryl methyl sites for hydroxylation is 1. The van der Waals surface area contributed by atoms with Crippen LogP contribution in [0.15, 0.2) is 42.6 Å². The molecule has 0 fully saturated rings. The van der Waals surface area contributed by atoms with Crippen LogP contribution in [0.1, 0.15) is 21.6 Å². The van der Waals surface area contributed by atoms with Gasteiger partial charge in [0.05, 0.1) is 16.6 Å². The predicted molar refractivity (Wildman–Crippen MR) is 111 cm³/mol. The molecule has 2 heterocycles. The van der Waals surface area contributed by atoms with Crippen molar-refractivity contribution in [2.45, 2.75) is 25.5 Å². The Labute approximate surface area is 197 Å². The van der Waals surface area contributed by atoms with Crippen molar-refractivity contribution < 1.29 is 44.3 Å². The Hall–Kier alpha value is -3.78. The first-order valence-electron chi connectivity index (χ1n) is 9.91. The Balaban J connectivity index is 1.97. The lowest BCUT2D eigenvalue weighted by Gasteiger charge is -2.27. The van der Waals surface area contributed by atoms with Crippen molar-refractivity contribution in [3.05, 3.63) is 59.4 Å². The van der Waals surface area contributed by atoms with Crippen molar-refractivity contribution in [2.24, 2.45) is 0 Å². The van der Waals surface area contributed by atoms with Crippen LogP contribution in [0.2, 0.25) is 0 Å². The van der Waals surface area contributed by atoms with Crippen molar-refractivity contribution in [1.29, 1.82) is 0 Å². The average molecular weight is 525 g/mol. The number of hydrogen-bond donors (Lipinski definition) is 2. The van der Waals surface area contributed by atoms with Crippen LogP contribution in [-0.4, -0.2) is 41.3 Å². The van der Waals surface area contributed by atoms with Crippen LogP contribution < -0.4 is 15.8 Å². The van der Waals surface area contributed by atoms with Gasteiger partial charge in [-0.15, -0.1) is 0 Å². The molecule has 0 saturated heterocycles. The Morgan fingerprint density at radius 2 is 1.56 bits per heavy atom. The largest absolute Gasteiger partial charge is 0.417 e. The Kier molecular flexibility index (Phi) is 7.22. The van der Waals surface area contributed by atoms with Crippen LogP contribution in [0.4, 0.5) is 51.0 Å². The fraction of sp³-hybridized carbons (Fsp3) is 0.286. The molecule has 3 rings (SSSR count). The number of nitrogens with zero attached hydrogens (tertiary/aromatic N) is 3. The normalized spacial score (nSPS) is 12.5. The lowest BCUT2D eigenvalue weighted by molar-refractivity contribution is -0.138. The Morgan fingerprint density at radius 1 is 0.917 bits per heavy atom. The van der Waals surface area contributed by atoms with Gasteiger partial charge >= 0.3 is 18.5 Å². The van der Waals surface area contributed by atoms with Gasteiger partial charge in [0.1, 0.15) is 18.9 Å². The van der Waals surface area contributed by atoms with E-state index in [-0.39, 0.29) is 16.0 Å². The van der Waals surface area contributed by atoms with E-state index in [1.807, 2.05) is 0 Å². The highest BCUT2D eigenvalue weighted by Crippen LogP contribution is 2.38. The maximum atomic E-state index is 13.7. The van der Waals surface area contributed by atoms with Crippen LogP contribution in [0.5, 0.6) is 0 Å². The number of benzene rings is 1. The van der Waals surface area contributed by atoms with Gasteiger partial charge in [-0.3, -0.25) is 20.6 Å². The molecule has 2 aromatic heterocycles. The molecular formula is C21H16F9N5O. The van der Waals surface area contributed by atoms with E-state index in [4.69, 9.17) is 0 Å². The molecular weight excluding hydrogens is 509 g/mol. The number of aromatic nitrogens is 2. The number of carbonyl (C=O) groups excluding carboxylic acids is 1. The third-order valence-corrected chi connectivity index (χ3v) is 4.68. The highest BCUT2D eigenvalue weighted by molar-refractivity contribution is 5.94. The molecule has 0 atom stereocenters. The minimum Gasteiger partial charge on any atom is -0.353 e. The minimum absolute atomic E-state index is 0.0870. The number of halogens is 9. The zero-order chi connectivity index (χ0) is 26.9. The molecule has 194 valence electrons. The summed E-state index contributed by atoms with van der Waals surface area (Å²) in [5.74, 6) is -1.22. The van der Waals surface area contributed by atoms with Gasteiger partial charge in [-0.2, -0.15) is 39.5 Å². The van der Waals surface area contributed by atoms with Crippen molar-refractivity contribution in [3.63, 3.8) is 0 Å². The molecule has 2 N–H and O–H groups in total. The van der Waals surface area contributed by atoms with E-state index < -0.39 is 60.0 Å². The number of alkyl halides is 9. The number of carbonyl (C=O) groups is 1. The Bertz CT molecular complexity index is 1220. The molecule has 0 saturated carbocycles. The lowest BCUT2D eigenvalue weighted by Crippen LogP contribution is -2.40. The summed E-state index contributed by atoms with van der Waals surface area (Å²) in [6.07, 6.45) is -13.9. The number of fused-ring (bicyclic) bond motifs is 1. The smallest absolute Gasteiger partial charge is 0.353 e. The van der Waals surface area contributed by atoms with Crippen LogP contribution >= 0.6 is 0 Å². The van der Waals surface area contributed by atoms with E-state index in [1.165, 1.54) is 18.3 Å². The van der Waals surface area contributed by atoms with Crippen LogP contribution in [0, 0.1) is 6.92 Å². The molecule has 1 aromatic carbocycles. The maximum absolute atomic E-state index is 13.7. The maximum Gasteiger partial charge on any atom is 0.417 e. The first-order valence-corrected chi connectivity index (χ1v) is 9.91. The second kappa shape index (κ2) is 9.70. The van der Waals surface area contributed by atoms with Gasteiger partial charge in [-0.1, -0.05) is 0 Å². The summed E-state index contributed by atoms with van der Waals surface area (Å²) in [4.78, 5) is 19.8. The van der Waals surface area contributed by atoms with Gasteiger partial charge in [-0.25, -0.2) is 4.98 Å². The molecule has 0 aliphatic rings. The number of pyridine rings is 2. The van der Waals surface area contributed by atoms with Gasteiger partial charge in [-0.05, 0) is 43.3 Å². The molecule has 1 amide bonds. The zero-order valence-corrected chi connectivity index (χ0v) is 18.1. The van der Waals surface area contributed by atoms with Crippen LogP contribution in [-0.2, 0) is 6.18 Å². The molecule has 0 aliphatic carbocycles. The van der Waals surface area contributed by atoms with E-state index in [2.05, 4.69) is 20.8 Å².